The number of ether oxygens (including phenoxy) is 2. The number of aromatic nitrogens is 1. The molecule has 0 fully saturated rings. The Hall–Kier alpha value is -3.09. The molecule has 2 rings (SSSR count). The van der Waals surface area contributed by atoms with Crippen molar-refractivity contribution in [1.82, 2.24) is 4.98 Å². The van der Waals surface area contributed by atoms with Gasteiger partial charge >= 0.3 is 11.9 Å². The van der Waals surface area contributed by atoms with Crippen LogP contribution in [0.5, 0.6) is 11.5 Å². The summed E-state index contributed by atoms with van der Waals surface area (Å²) in [6.45, 7) is 0.0700. The molecule has 2 N–H and O–H groups in total. The Morgan fingerprint density at radius 1 is 1.09 bits per heavy atom. The Bertz CT molecular complexity index is 699. The van der Waals surface area contributed by atoms with Crippen molar-refractivity contribution in [2.75, 3.05) is 7.11 Å². The van der Waals surface area contributed by atoms with Gasteiger partial charge in [-0.25, -0.2) is 14.6 Å². The lowest BCUT2D eigenvalue weighted by Gasteiger charge is -2.14. The van der Waals surface area contributed by atoms with Crippen LogP contribution >= 0.6 is 0 Å². The molecule has 22 heavy (non-hydrogen) atoms. The highest BCUT2D eigenvalue weighted by Crippen LogP contribution is 2.34. The molecule has 0 aliphatic heterocycles. The van der Waals surface area contributed by atoms with E-state index in [4.69, 9.17) is 14.6 Å². The van der Waals surface area contributed by atoms with Crippen molar-refractivity contribution in [1.29, 1.82) is 0 Å². The monoisotopic (exact) mass is 303 g/mol. The summed E-state index contributed by atoms with van der Waals surface area (Å²) in [7, 11) is 1.23. The van der Waals surface area contributed by atoms with Gasteiger partial charge < -0.3 is 19.7 Å². The molecule has 7 heteroatoms. The van der Waals surface area contributed by atoms with Gasteiger partial charge in [-0.15, -0.1) is 0 Å². The van der Waals surface area contributed by atoms with Crippen LogP contribution in [0, 0.1) is 0 Å². The summed E-state index contributed by atoms with van der Waals surface area (Å²) in [5, 5.41) is 18.3. The normalized spacial score (nSPS) is 10.0. The third-order valence-corrected chi connectivity index (χ3v) is 2.85. The molecular formula is C15H13NO6. The van der Waals surface area contributed by atoms with E-state index in [1.165, 1.54) is 7.11 Å². The van der Waals surface area contributed by atoms with Crippen LogP contribution in [0.4, 0.5) is 0 Å². The van der Waals surface area contributed by atoms with Crippen LogP contribution in [0.15, 0.2) is 36.5 Å². The number of nitrogens with zero attached hydrogens (tertiary/aromatic N) is 1. The zero-order chi connectivity index (χ0) is 16.1. The number of carboxylic acid groups (broad SMARTS) is 2. The molecule has 0 radical (unpaired) electrons. The Kier molecular flexibility index (Phi) is 4.57. The molecular weight excluding hydrogens is 290 g/mol. The van der Waals surface area contributed by atoms with Crippen molar-refractivity contribution in [2.24, 2.45) is 0 Å². The topological polar surface area (TPSA) is 106 Å². The molecule has 0 bridgehead atoms. The van der Waals surface area contributed by atoms with Crippen LogP contribution in [0.3, 0.4) is 0 Å². The number of carboxylic acids is 2. The molecule has 7 nitrogen and oxygen atoms in total. The fourth-order valence-corrected chi connectivity index (χ4v) is 1.84. The van der Waals surface area contributed by atoms with Crippen LogP contribution < -0.4 is 9.47 Å². The van der Waals surface area contributed by atoms with Crippen molar-refractivity contribution in [2.45, 2.75) is 6.61 Å². The van der Waals surface area contributed by atoms with Crippen molar-refractivity contribution in [3.63, 3.8) is 0 Å². The molecule has 1 aromatic carbocycles. The van der Waals surface area contributed by atoms with Gasteiger partial charge in [-0.05, 0) is 5.56 Å². The Labute approximate surface area is 125 Å². The number of rotatable bonds is 6. The van der Waals surface area contributed by atoms with Gasteiger partial charge in [-0.3, -0.25) is 0 Å². The minimum Gasteiger partial charge on any atom is -0.491 e. The highest BCUT2D eigenvalue weighted by molar-refractivity contribution is 5.96. The van der Waals surface area contributed by atoms with Crippen molar-refractivity contribution < 1.29 is 29.3 Å². The maximum absolute atomic E-state index is 11.3. The van der Waals surface area contributed by atoms with E-state index >= 15 is 0 Å². The van der Waals surface area contributed by atoms with Gasteiger partial charge in [-0.1, -0.05) is 30.3 Å². The smallest absolute Gasteiger partial charge is 0.358 e. The van der Waals surface area contributed by atoms with Crippen molar-refractivity contribution >= 4 is 11.9 Å². The summed E-state index contributed by atoms with van der Waals surface area (Å²) >= 11 is 0. The Morgan fingerprint density at radius 3 is 2.32 bits per heavy atom. The van der Waals surface area contributed by atoms with Crippen LogP contribution in [-0.2, 0) is 6.61 Å². The first-order valence-corrected chi connectivity index (χ1v) is 6.25. The fraction of sp³-hybridized carbons (Fsp3) is 0.133. The van der Waals surface area contributed by atoms with Crippen LogP contribution in [0.25, 0.3) is 0 Å². The standard InChI is InChI=1S/C15H13NO6/c1-21-13-11(15(19)20)16-7-10(14(17)18)12(13)22-8-9-5-3-2-4-6-9/h2-7H,8H2,1H3,(H,17,18)(H,19,20). The molecule has 0 amide bonds. The molecule has 114 valence electrons. The second kappa shape index (κ2) is 6.57. The summed E-state index contributed by atoms with van der Waals surface area (Å²) < 4.78 is 10.5. The van der Waals surface area contributed by atoms with Gasteiger partial charge in [0.15, 0.2) is 17.2 Å². The average molecular weight is 303 g/mol. The molecule has 0 saturated carbocycles. The second-order valence-electron chi connectivity index (χ2n) is 4.27. The average Bonchev–Trinajstić information content (AvgIpc) is 2.52. The van der Waals surface area contributed by atoms with Crippen LogP contribution in [0.1, 0.15) is 26.4 Å². The van der Waals surface area contributed by atoms with E-state index in [2.05, 4.69) is 4.98 Å². The minimum absolute atomic E-state index is 0.0700. The second-order valence-corrected chi connectivity index (χ2v) is 4.27. The number of hydrogen-bond acceptors (Lipinski definition) is 5. The molecule has 1 heterocycles. The molecule has 0 saturated heterocycles. The van der Waals surface area contributed by atoms with Crippen LogP contribution in [-0.4, -0.2) is 34.2 Å². The van der Waals surface area contributed by atoms with E-state index in [9.17, 15) is 14.7 Å². The lowest BCUT2D eigenvalue weighted by Crippen LogP contribution is -2.11. The van der Waals surface area contributed by atoms with Gasteiger partial charge in [0.25, 0.3) is 0 Å². The first-order valence-electron chi connectivity index (χ1n) is 6.25. The molecule has 1 aromatic heterocycles. The van der Waals surface area contributed by atoms with Crippen LogP contribution in [0.2, 0.25) is 0 Å². The number of pyridine rings is 1. The molecule has 0 spiro atoms. The SMILES string of the molecule is COc1c(C(=O)O)ncc(C(=O)O)c1OCc1ccccc1. The number of hydrogen-bond donors (Lipinski definition) is 2. The maximum Gasteiger partial charge on any atom is 0.358 e. The number of aromatic carboxylic acids is 2. The lowest BCUT2D eigenvalue weighted by molar-refractivity contribution is 0.0666. The largest absolute Gasteiger partial charge is 0.491 e. The zero-order valence-corrected chi connectivity index (χ0v) is 11.6. The molecule has 0 aliphatic rings. The van der Waals surface area contributed by atoms with Gasteiger partial charge in [0.1, 0.15) is 12.2 Å². The van der Waals surface area contributed by atoms with E-state index in [0.717, 1.165) is 11.8 Å². The van der Waals surface area contributed by atoms with Gasteiger partial charge in [0.05, 0.1) is 7.11 Å². The summed E-state index contributed by atoms with van der Waals surface area (Å²) in [6.07, 6.45) is 0.939. The van der Waals surface area contributed by atoms with E-state index in [1.54, 1.807) is 12.1 Å². The summed E-state index contributed by atoms with van der Waals surface area (Å²) in [5.74, 6) is -3.00. The van der Waals surface area contributed by atoms with Gasteiger partial charge in [0, 0.05) is 6.20 Å². The van der Waals surface area contributed by atoms with E-state index in [0.29, 0.717) is 0 Å². The minimum atomic E-state index is -1.33. The first kappa shape index (κ1) is 15.3. The van der Waals surface area contributed by atoms with E-state index in [1.807, 2.05) is 18.2 Å². The number of methoxy groups -OCH3 is 1. The fourth-order valence-electron chi connectivity index (χ4n) is 1.84. The zero-order valence-electron chi connectivity index (χ0n) is 11.6. The summed E-state index contributed by atoms with van der Waals surface area (Å²) in [4.78, 5) is 26.0. The van der Waals surface area contributed by atoms with E-state index in [-0.39, 0.29) is 23.7 Å². The Morgan fingerprint density at radius 2 is 1.77 bits per heavy atom. The first-order chi connectivity index (χ1) is 10.5. The van der Waals surface area contributed by atoms with Gasteiger partial charge in [0.2, 0.25) is 0 Å². The predicted molar refractivity (Wildman–Crippen MR) is 75.5 cm³/mol. The number of carbonyl (C=O) groups is 2. The Balaban J connectivity index is 2.43. The van der Waals surface area contributed by atoms with E-state index < -0.39 is 17.6 Å². The van der Waals surface area contributed by atoms with Gasteiger partial charge in [-0.2, -0.15) is 0 Å². The molecule has 0 atom stereocenters. The highest BCUT2D eigenvalue weighted by atomic mass is 16.5. The predicted octanol–water partition coefficient (Wildman–Crippen LogP) is 2.07. The molecule has 0 aliphatic carbocycles. The maximum atomic E-state index is 11.3. The molecule has 2 aromatic rings. The van der Waals surface area contributed by atoms with Crippen molar-refractivity contribution in [3.8, 4) is 11.5 Å². The van der Waals surface area contributed by atoms with Crippen molar-refractivity contribution in [3.05, 3.63) is 53.3 Å². The summed E-state index contributed by atoms with van der Waals surface area (Å²) in [6, 6.07) is 9.05. The number of benzene rings is 1. The summed E-state index contributed by atoms with van der Waals surface area (Å²) in [5.41, 5.74) is 0.128. The third-order valence-electron chi connectivity index (χ3n) is 2.85. The lowest BCUT2D eigenvalue weighted by atomic mass is 10.2. The highest BCUT2D eigenvalue weighted by Gasteiger charge is 2.24. The quantitative estimate of drug-likeness (QED) is 0.841. The molecule has 0 unspecified atom stereocenters. The third kappa shape index (κ3) is 3.14.